The lowest BCUT2D eigenvalue weighted by atomic mass is 10.0. The minimum Gasteiger partial charge on any atom is -0.478 e. The number of thioether (sulfide) groups is 1. The fraction of sp³-hybridized carbons (Fsp3) is 0.292. The SMILES string of the molecule is C[C@H](ON=C(C(=O)NC1C(=O)N2C(C(=O)O)=C(C[n+]3cccc4c3ccn4C)CSC12)c1nc(N)sc1Cl)C(=O)O. The molecule has 5 heterocycles. The van der Waals surface area contributed by atoms with E-state index in [-0.39, 0.29) is 27.4 Å². The number of hydrogen-bond acceptors (Lipinski definition) is 10. The third-order valence-corrected chi connectivity index (χ3v) is 8.94. The largest absolute Gasteiger partial charge is 0.478 e. The molecule has 14 nitrogen and oxygen atoms in total. The average molecular weight is 621 g/mol. The van der Waals surface area contributed by atoms with E-state index in [1.807, 2.05) is 46.8 Å². The Morgan fingerprint density at radius 3 is 2.78 bits per heavy atom. The first-order chi connectivity index (χ1) is 19.5. The van der Waals surface area contributed by atoms with Gasteiger partial charge < -0.3 is 30.7 Å². The highest BCUT2D eigenvalue weighted by Gasteiger charge is 2.55. The Bertz CT molecular complexity index is 1670. The molecular formula is C24H23ClN7O7S2+. The van der Waals surface area contributed by atoms with E-state index in [1.54, 1.807) is 0 Å². The van der Waals surface area contributed by atoms with Gasteiger partial charge in [0, 0.05) is 36.7 Å². The molecule has 0 bridgehead atoms. The summed E-state index contributed by atoms with van der Waals surface area (Å²) in [7, 11) is 1.91. The first kappa shape index (κ1) is 28.4. The van der Waals surface area contributed by atoms with Crippen LogP contribution in [0.5, 0.6) is 0 Å². The number of aliphatic carboxylic acids is 2. The van der Waals surface area contributed by atoms with Crippen LogP contribution in [0, 0.1) is 0 Å². The first-order valence-corrected chi connectivity index (χ1v) is 14.2. The number of rotatable bonds is 9. The second-order valence-electron chi connectivity index (χ2n) is 9.15. The third kappa shape index (κ3) is 5.20. The Morgan fingerprint density at radius 2 is 2.12 bits per heavy atom. The monoisotopic (exact) mass is 620 g/mol. The number of oxime groups is 1. The maximum absolute atomic E-state index is 13.2. The quantitative estimate of drug-likeness (QED) is 0.115. The molecule has 3 aromatic rings. The second-order valence-corrected chi connectivity index (χ2v) is 11.9. The van der Waals surface area contributed by atoms with E-state index in [1.165, 1.54) is 18.7 Å². The van der Waals surface area contributed by atoms with Crippen molar-refractivity contribution >= 4 is 80.3 Å². The Hall–Kier alpha value is -4.15. The molecule has 0 spiro atoms. The summed E-state index contributed by atoms with van der Waals surface area (Å²) >= 11 is 8.32. The molecular weight excluding hydrogens is 598 g/mol. The second kappa shape index (κ2) is 11.0. The lowest BCUT2D eigenvalue weighted by Gasteiger charge is -2.49. The van der Waals surface area contributed by atoms with Gasteiger partial charge in [0.15, 0.2) is 23.6 Å². The van der Waals surface area contributed by atoms with Crippen LogP contribution in [-0.2, 0) is 37.6 Å². The van der Waals surface area contributed by atoms with Gasteiger partial charge in [-0.1, -0.05) is 28.1 Å². The summed E-state index contributed by atoms with van der Waals surface area (Å²) in [6.45, 7) is 1.46. The Kier molecular flexibility index (Phi) is 7.63. The van der Waals surface area contributed by atoms with Crippen LogP contribution in [0.25, 0.3) is 11.0 Å². The van der Waals surface area contributed by atoms with E-state index in [0.717, 1.165) is 27.3 Å². The topological polar surface area (TPSA) is 193 Å². The van der Waals surface area contributed by atoms with Gasteiger partial charge in [-0.3, -0.25) is 14.5 Å². The minimum absolute atomic E-state index is 0.00302. The van der Waals surface area contributed by atoms with Crippen LogP contribution >= 0.6 is 34.7 Å². The number of halogens is 1. The van der Waals surface area contributed by atoms with E-state index in [9.17, 15) is 24.3 Å². The van der Waals surface area contributed by atoms with Gasteiger partial charge in [-0.05, 0) is 13.0 Å². The summed E-state index contributed by atoms with van der Waals surface area (Å²) in [4.78, 5) is 60.0. The summed E-state index contributed by atoms with van der Waals surface area (Å²) in [6, 6.07) is 4.65. The van der Waals surface area contributed by atoms with Gasteiger partial charge >= 0.3 is 11.9 Å². The molecule has 5 N–H and O–H groups in total. The molecule has 0 radical (unpaired) electrons. The first-order valence-electron chi connectivity index (χ1n) is 12.0. The lowest BCUT2D eigenvalue weighted by molar-refractivity contribution is -0.663. The number of aryl methyl sites for hydroxylation is 1. The van der Waals surface area contributed by atoms with Gasteiger partial charge in [-0.15, -0.1) is 11.8 Å². The molecule has 2 unspecified atom stereocenters. The molecule has 2 aliphatic rings. The predicted octanol–water partition coefficient (Wildman–Crippen LogP) is 0.791. The number of nitrogens with two attached hydrogens (primary N) is 1. The highest BCUT2D eigenvalue weighted by atomic mass is 35.5. The van der Waals surface area contributed by atoms with Crippen LogP contribution in [-0.4, -0.2) is 77.4 Å². The zero-order chi connectivity index (χ0) is 29.6. The Labute approximate surface area is 245 Å². The zero-order valence-corrected chi connectivity index (χ0v) is 23.9. The maximum atomic E-state index is 13.2. The van der Waals surface area contributed by atoms with E-state index < -0.39 is 47.0 Å². The van der Waals surface area contributed by atoms with Gasteiger partial charge in [-0.25, -0.2) is 14.6 Å². The molecule has 0 aliphatic carbocycles. The zero-order valence-electron chi connectivity index (χ0n) is 21.5. The van der Waals surface area contributed by atoms with Crippen molar-refractivity contribution in [2.24, 2.45) is 12.2 Å². The maximum Gasteiger partial charge on any atom is 0.352 e. The predicted molar refractivity (Wildman–Crippen MR) is 149 cm³/mol. The molecule has 3 aromatic heterocycles. The molecule has 2 aliphatic heterocycles. The number of nitrogens with one attached hydrogen (secondary N) is 1. The van der Waals surface area contributed by atoms with Crippen molar-refractivity contribution in [2.45, 2.75) is 31.0 Å². The van der Waals surface area contributed by atoms with Crippen molar-refractivity contribution in [3.8, 4) is 0 Å². The number of hydrogen-bond donors (Lipinski definition) is 4. The number of β-lactam (4-membered cyclic amide) rings is 1. The smallest absolute Gasteiger partial charge is 0.352 e. The summed E-state index contributed by atoms with van der Waals surface area (Å²) in [5.74, 6) is -3.84. The van der Waals surface area contributed by atoms with Gasteiger partial charge in [0.05, 0.1) is 0 Å². The Balaban J connectivity index is 1.39. The number of carboxylic acid groups (broad SMARTS) is 2. The highest BCUT2D eigenvalue weighted by molar-refractivity contribution is 8.00. The Morgan fingerprint density at radius 1 is 1.37 bits per heavy atom. The average Bonchev–Trinajstić information content (AvgIpc) is 3.47. The van der Waals surface area contributed by atoms with Crippen LogP contribution < -0.4 is 15.6 Å². The molecule has 3 atom stereocenters. The van der Waals surface area contributed by atoms with Crippen molar-refractivity contribution in [1.29, 1.82) is 0 Å². The molecule has 0 aromatic carbocycles. The van der Waals surface area contributed by atoms with Gasteiger partial charge in [0.2, 0.25) is 11.6 Å². The standard InChI is InChI=1S/C24H22ClN7O7S2/c1-10(22(35)36)39-29-15(14-18(25)41-24(26)28-14)19(33)27-16-20(34)32-17(23(37)38)11(9-40-21(16)32)8-31-6-3-4-12-13(31)5-7-30(12)2/h3-7,10,16,21H,8-9H2,1-2H3,(H4-,26,27,28,33,35,36,37,38)/p+1/t10-,16?,21?/m0/s1. The van der Waals surface area contributed by atoms with Gasteiger partial charge in [-0.2, -0.15) is 4.57 Å². The highest BCUT2D eigenvalue weighted by Crippen LogP contribution is 2.40. The molecule has 5 rings (SSSR count). The molecule has 0 saturated carbocycles. The number of pyridine rings is 1. The number of nitrogen functional groups attached to an aromatic ring is 1. The van der Waals surface area contributed by atoms with E-state index in [2.05, 4.69) is 15.5 Å². The molecule has 1 fully saturated rings. The summed E-state index contributed by atoms with van der Waals surface area (Å²) in [5.41, 5.74) is 7.35. The normalized spacial score (nSPS) is 19.5. The van der Waals surface area contributed by atoms with Crippen LogP contribution in [0.15, 0.2) is 47.0 Å². The van der Waals surface area contributed by atoms with Crippen molar-refractivity contribution < 1.29 is 38.8 Å². The number of aromatic nitrogens is 3. The summed E-state index contributed by atoms with van der Waals surface area (Å²) in [5, 5.41) is 24.7. The number of anilines is 1. The van der Waals surface area contributed by atoms with Gasteiger partial charge in [0.1, 0.15) is 32.7 Å². The van der Waals surface area contributed by atoms with E-state index in [4.69, 9.17) is 27.3 Å². The number of carbonyl (C=O) groups is 4. The third-order valence-electron chi connectivity index (χ3n) is 6.52. The lowest BCUT2D eigenvalue weighted by Crippen LogP contribution is -2.71. The fourth-order valence-electron chi connectivity index (χ4n) is 4.48. The number of amides is 2. The molecule has 1 saturated heterocycles. The number of carbonyl (C=O) groups excluding carboxylic acids is 2. The fourth-order valence-corrected chi connectivity index (χ4v) is 6.75. The minimum atomic E-state index is -1.40. The van der Waals surface area contributed by atoms with Crippen molar-refractivity contribution in [3.63, 3.8) is 0 Å². The van der Waals surface area contributed by atoms with E-state index in [0.29, 0.717) is 11.3 Å². The molecule has 41 heavy (non-hydrogen) atoms. The molecule has 214 valence electrons. The number of fused-ring (bicyclic) bond motifs is 2. The summed E-state index contributed by atoms with van der Waals surface area (Å²) in [6.07, 6.45) is 2.35. The van der Waals surface area contributed by atoms with Crippen molar-refractivity contribution in [1.82, 2.24) is 19.8 Å². The number of thiazole rings is 1. The van der Waals surface area contributed by atoms with Gasteiger partial charge in [0.25, 0.3) is 11.8 Å². The number of nitrogens with zero attached hydrogens (tertiary/aromatic N) is 5. The molecule has 17 heteroatoms. The van der Waals surface area contributed by atoms with Crippen LogP contribution in [0.2, 0.25) is 4.34 Å². The van der Waals surface area contributed by atoms with Crippen LogP contribution in [0.4, 0.5) is 5.13 Å². The molecule has 2 amide bonds. The van der Waals surface area contributed by atoms with E-state index >= 15 is 0 Å². The van der Waals surface area contributed by atoms with Crippen molar-refractivity contribution in [2.75, 3.05) is 11.5 Å². The number of carboxylic acids is 2. The van der Waals surface area contributed by atoms with Crippen LogP contribution in [0.3, 0.4) is 0 Å². The summed E-state index contributed by atoms with van der Waals surface area (Å²) < 4.78 is 3.87. The van der Waals surface area contributed by atoms with Crippen molar-refractivity contribution in [3.05, 3.63) is 51.9 Å². The van der Waals surface area contributed by atoms with Crippen LogP contribution in [0.1, 0.15) is 12.6 Å².